The van der Waals surface area contributed by atoms with Crippen LogP contribution in [0.5, 0.6) is 0 Å². The number of carbonyl (C=O) groups is 1. The number of carbonyl (C=O) groups excluding carboxylic acids is 1. The predicted molar refractivity (Wildman–Crippen MR) is 90.8 cm³/mol. The van der Waals surface area contributed by atoms with Crippen molar-refractivity contribution in [2.45, 2.75) is 38.8 Å². The number of aryl methyl sites for hydroxylation is 2. The minimum absolute atomic E-state index is 0.150. The number of hydrogen-bond donors (Lipinski definition) is 0. The van der Waals surface area contributed by atoms with Crippen LogP contribution >= 0.6 is 0 Å². The number of alkyl halides is 3. The number of amides is 1. The molecule has 138 valence electrons. The lowest BCUT2D eigenvalue weighted by atomic mass is 9.86. The number of hydrogen-bond acceptors (Lipinski definition) is 3. The van der Waals surface area contributed by atoms with Gasteiger partial charge in [-0.25, -0.2) is 9.97 Å². The topological polar surface area (TPSA) is 46.1 Å². The molecular formula is C19H20F3N3O. The fourth-order valence-electron chi connectivity index (χ4n) is 3.47. The molecule has 0 saturated carbocycles. The summed E-state index contributed by atoms with van der Waals surface area (Å²) >= 11 is 0. The van der Waals surface area contributed by atoms with Crippen LogP contribution in [0.2, 0.25) is 0 Å². The van der Waals surface area contributed by atoms with Crippen LogP contribution in [0.3, 0.4) is 0 Å². The normalized spacial score (nSPS) is 16.0. The number of halogens is 3. The van der Waals surface area contributed by atoms with Crippen LogP contribution in [0, 0.1) is 13.8 Å². The first-order valence-electron chi connectivity index (χ1n) is 8.53. The third kappa shape index (κ3) is 3.86. The van der Waals surface area contributed by atoms with Gasteiger partial charge in [-0.05, 0) is 50.3 Å². The maximum absolute atomic E-state index is 13.2. The standard InChI is InChI=1S/C19H20F3N3O/c1-12-11-13(2)24-17(23-12)18(26)25-9-7-14(8-10-25)15-5-3-4-6-16(15)19(20,21)22/h3-6,11,14H,7-10H2,1-2H3. The second kappa shape index (κ2) is 7.05. The molecule has 1 fully saturated rings. The highest BCUT2D eigenvalue weighted by atomic mass is 19.4. The number of rotatable bonds is 2. The van der Waals surface area contributed by atoms with Gasteiger partial charge in [-0.1, -0.05) is 18.2 Å². The van der Waals surface area contributed by atoms with E-state index in [1.54, 1.807) is 30.9 Å². The van der Waals surface area contributed by atoms with E-state index >= 15 is 0 Å². The van der Waals surface area contributed by atoms with E-state index < -0.39 is 11.7 Å². The van der Waals surface area contributed by atoms with Gasteiger partial charge in [0.05, 0.1) is 5.56 Å². The molecule has 0 unspecified atom stereocenters. The average Bonchev–Trinajstić information content (AvgIpc) is 2.60. The minimum atomic E-state index is -4.36. The highest BCUT2D eigenvalue weighted by molar-refractivity contribution is 5.90. The third-order valence-corrected chi connectivity index (χ3v) is 4.66. The average molecular weight is 363 g/mol. The van der Waals surface area contributed by atoms with E-state index in [1.165, 1.54) is 12.1 Å². The molecule has 0 spiro atoms. The van der Waals surface area contributed by atoms with Crippen LogP contribution < -0.4 is 0 Å². The third-order valence-electron chi connectivity index (χ3n) is 4.66. The second-order valence-electron chi connectivity index (χ2n) is 6.63. The van der Waals surface area contributed by atoms with Gasteiger partial charge in [0, 0.05) is 24.5 Å². The van der Waals surface area contributed by atoms with E-state index in [-0.39, 0.29) is 17.6 Å². The molecule has 1 aliphatic rings. The van der Waals surface area contributed by atoms with Crippen molar-refractivity contribution < 1.29 is 18.0 Å². The molecule has 0 bridgehead atoms. The first-order valence-corrected chi connectivity index (χ1v) is 8.53. The zero-order valence-corrected chi connectivity index (χ0v) is 14.7. The maximum Gasteiger partial charge on any atom is 0.416 e. The van der Waals surface area contributed by atoms with Crippen molar-refractivity contribution in [1.82, 2.24) is 14.9 Å². The van der Waals surface area contributed by atoms with Gasteiger partial charge in [0.15, 0.2) is 0 Å². The Hall–Kier alpha value is -2.44. The smallest absolute Gasteiger partial charge is 0.336 e. The summed E-state index contributed by atoms with van der Waals surface area (Å²) < 4.78 is 39.7. The summed E-state index contributed by atoms with van der Waals surface area (Å²) in [5.41, 5.74) is 1.17. The van der Waals surface area contributed by atoms with Crippen LogP contribution in [-0.2, 0) is 6.18 Å². The van der Waals surface area contributed by atoms with Crippen LogP contribution in [0.25, 0.3) is 0 Å². The van der Waals surface area contributed by atoms with E-state index in [9.17, 15) is 18.0 Å². The van der Waals surface area contributed by atoms with Gasteiger partial charge in [-0.15, -0.1) is 0 Å². The SMILES string of the molecule is Cc1cc(C)nc(C(=O)N2CCC(c3ccccc3C(F)(F)F)CC2)n1. The number of benzene rings is 1. The molecule has 1 aliphatic heterocycles. The van der Waals surface area contributed by atoms with E-state index in [0.29, 0.717) is 31.5 Å². The van der Waals surface area contributed by atoms with Crippen LogP contribution in [0.1, 0.15) is 51.9 Å². The Morgan fingerprint density at radius 2 is 1.65 bits per heavy atom. The lowest BCUT2D eigenvalue weighted by molar-refractivity contribution is -0.138. The van der Waals surface area contributed by atoms with Crippen molar-refractivity contribution in [3.05, 3.63) is 58.7 Å². The molecule has 7 heteroatoms. The second-order valence-corrected chi connectivity index (χ2v) is 6.63. The quantitative estimate of drug-likeness (QED) is 0.806. The monoisotopic (exact) mass is 363 g/mol. The zero-order chi connectivity index (χ0) is 18.9. The Balaban J connectivity index is 1.73. The first kappa shape index (κ1) is 18.4. The number of nitrogens with zero attached hydrogens (tertiary/aromatic N) is 3. The Labute approximate surface area is 150 Å². The van der Waals surface area contributed by atoms with Crippen LogP contribution in [0.4, 0.5) is 13.2 Å². The largest absolute Gasteiger partial charge is 0.416 e. The number of likely N-dealkylation sites (tertiary alicyclic amines) is 1. The van der Waals surface area contributed by atoms with Gasteiger partial charge in [-0.3, -0.25) is 4.79 Å². The first-order chi connectivity index (χ1) is 12.3. The van der Waals surface area contributed by atoms with Gasteiger partial charge in [0.1, 0.15) is 0 Å². The Morgan fingerprint density at radius 1 is 1.08 bits per heavy atom. The molecule has 3 rings (SSSR count). The molecule has 0 aliphatic carbocycles. The lowest BCUT2D eigenvalue weighted by Crippen LogP contribution is -2.39. The summed E-state index contributed by atoms with van der Waals surface area (Å²) in [5.74, 6) is -0.326. The highest BCUT2D eigenvalue weighted by Crippen LogP contribution is 2.38. The molecule has 1 aromatic carbocycles. The van der Waals surface area contributed by atoms with Crippen molar-refractivity contribution in [3.63, 3.8) is 0 Å². The summed E-state index contributed by atoms with van der Waals surface area (Å²) in [6, 6.07) is 7.49. The Kier molecular flexibility index (Phi) is 4.98. The van der Waals surface area contributed by atoms with Crippen molar-refractivity contribution in [2.75, 3.05) is 13.1 Å². The molecule has 0 N–H and O–H groups in total. The Morgan fingerprint density at radius 3 is 2.23 bits per heavy atom. The zero-order valence-electron chi connectivity index (χ0n) is 14.7. The molecule has 4 nitrogen and oxygen atoms in total. The van der Waals surface area contributed by atoms with Crippen LogP contribution in [-0.4, -0.2) is 33.9 Å². The minimum Gasteiger partial charge on any atom is -0.336 e. The fraction of sp³-hybridized carbons (Fsp3) is 0.421. The molecular weight excluding hydrogens is 343 g/mol. The highest BCUT2D eigenvalue weighted by Gasteiger charge is 2.36. The van der Waals surface area contributed by atoms with Gasteiger partial charge < -0.3 is 4.90 Å². The molecule has 0 radical (unpaired) electrons. The summed E-state index contributed by atoms with van der Waals surface area (Å²) in [6.07, 6.45) is -3.39. The molecule has 1 saturated heterocycles. The molecule has 0 atom stereocenters. The summed E-state index contributed by atoms with van der Waals surface area (Å²) in [6.45, 7) is 4.38. The van der Waals surface area contributed by atoms with E-state index in [4.69, 9.17) is 0 Å². The molecule has 26 heavy (non-hydrogen) atoms. The Bertz CT molecular complexity index is 792. The summed E-state index contributed by atoms with van der Waals surface area (Å²) in [7, 11) is 0. The van der Waals surface area contributed by atoms with Gasteiger partial charge in [0.2, 0.25) is 5.82 Å². The van der Waals surface area contributed by atoms with Crippen molar-refractivity contribution >= 4 is 5.91 Å². The van der Waals surface area contributed by atoms with Gasteiger partial charge in [0.25, 0.3) is 5.91 Å². The van der Waals surface area contributed by atoms with Gasteiger partial charge >= 0.3 is 6.18 Å². The number of piperidine rings is 1. The predicted octanol–water partition coefficient (Wildman–Crippen LogP) is 4.13. The van der Waals surface area contributed by atoms with Crippen LogP contribution in [0.15, 0.2) is 30.3 Å². The van der Waals surface area contributed by atoms with E-state index in [2.05, 4.69) is 9.97 Å². The van der Waals surface area contributed by atoms with E-state index in [0.717, 1.165) is 17.5 Å². The van der Waals surface area contributed by atoms with Crippen molar-refractivity contribution in [1.29, 1.82) is 0 Å². The molecule has 2 aromatic rings. The van der Waals surface area contributed by atoms with Crippen molar-refractivity contribution in [2.24, 2.45) is 0 Å². The summed E-state index contributed by atoms with van der Waals surface area (Å²) in [4.78, 5) is 22.6. The van der Waals surface area contributed by atoms with Gasteiger partial charge in [-0.2, -0.15) is 13.2 Å². The molecule has 2 heterocycles. The number of aromatic nitrogens is 2. The van der Waals surface area contributed by atoms with Crippen molar-refractivity contribution in [3.8, 4) is 0 Å². The lowest BCUT2D eigenvalue weighted by Gasteiger charge is -2.33. The molecule has 1 amide bonds. The fourth-order valence-corrected chi connectivity index (χ4v) is 3.47. The maximum atomic E-state index is 13.2. The summed E-state index contributed by atoms with van der Waals surface area (Å²) in [5, 5.41) is 0. The molecule has 1 aromatic heterocycles. The van der Waals surface area contributed by atoms with E-state index in [1.807, 2.05) is 0 Å².